The van der Waals surface area contributed by atoms with Crippen molar-refractivity contribution in [3.8, 4) is 11.4 Å². The first-order valence-corrected chi connectivity index (χ1v) is 6.75. The van der Waals surface area contributed by atoms with Crippen LogP contribution in [0.1, 0.15) is 24.6 Å². The Kier molecular flexibility index (Phi) is 2.67. The Morgan fingerprint density at radius 2 is 2.20 bits per heavy atom. The van der Waals surface area contributed by atoms with E-state index in [-0.39, 0.29) is 0 Å². The van der Waals surface area contributed by atoms with Crippen molar-refractivity contribution in [2.45, 2.75) is 18.9 Å². The molecule has 0 spiro atoms. The second-order valence-corrected chi connectivity index (χ2v) is 4.91. The topological polar surface area (TPSA) is 68.0 Å². The molecule has 1 aliphatic heterocycles. The molecule has 1 saturated heterocycles. The molecule has 0 aliphatic carbocycles. The van der Waals surface area contributed by atoms with Gasteiger partial charge in [0.25, 0.3) is 0 Å². The van der Waals surface area contributed by atoms with Crippen LogP contribution >= 0.6 is 0 Å². The highest BCUT2D eigenvalue weighted by molar-refractivity contribution is 5.57. The summed E-state index contributed by atoms with van der Waals surface area (Å²) in [6.07, 6.45) is 11.4. The van der Waals surface area contributed by atoms with Gasteiger partial charge in [-0.15, -0.1) is 0 Å². The smallest absolute Gasteiger partial charge is 0.234 e. The van der Waals surface area contributed by atoms with E-state index >= 15 is 0 Å². The van der Waals surface area contributed by atoms with Crippen LogP contribution in [0.25, 0.3) is 17.2 Å². The van der Waals surface area contributed by atoms with Gasteiger partial charge in [-0.05, 0) is 25.5 Å². The lowest BCUT2D eigenvalue weighted by Crippen LogP contribution is -2.14. The van der Waals surface area contributed by atoms with Gasteiger partial charge >= 0.3 is 0 Å². The van der Waals surface area contributed by atoms with Gasteiger partial charge in [-0.2, -0.15) is 0 Å². The molecule has 3 aromatic rings. The van der Waals surface area contributed by atoms with Crippen LogP contribution in [0.5, 0.6) is 0 Å². The lowest BCUT2D eigenvalue weighted by molar-refractivity contribution is 0.625. The molecule has 0 amide bonds. The molecule has 6 nitrogen and oxygen atoms in total. The molecule has 0 radical (unpaired) electrons. The highest BCUT2D eigenvalue weighted by Gasteiger charge is 2.19. The van der Waals surface area contributed by atoms with Crippen molar-refractivity contribution in [2.75, 3.05) is 6.54 Å². The number of aromatic nitrogens is 5. The van der Waals surface area contributed by atoms with E-state index in [2.05, 4.69) is 20.3 Å². The molecule has 0 unspecified atom stereocenters. The summed E-state index contributed by atoms with van der Waals surface area (Å²) in [6.45, 7) is 1.05. The van der Waals surface area contributed by atoms with Crippen molar-refractivity contribution >= 4 is 5.78 Å². The van der Waals surface area contributed by atoms with E-state index in [4.69, 9.17) is 4.98 Å². The third-order valence-corrected chi connectivity index (χ3v) is 3.62. The maximum Gasteiger partial charge on any atom is 0.234 e. The number of nitrogens with one attached hydrogen (secondary N) is 1. The number of rotatable bonds is 2. The molecule has 1 aliphatic rings. The number of fused-ring (bicyclic) bond motifs is 1. The lowest BCUT2D eigenvalue weighted by atomic mass is 10.1. The van der Waals surface area contributed by atoms with Crippen LogP contribution in [0.4, 0.5) is 0 Å². The van der Waals surface area contributed by atoms with Crippen molar-refractivity contribution in [3.05, 3.63) is 42.7 Å². The van der Waals surface area contributed by atoms with Crippen molar-refractivity contribution < 1.29 is 0 Å². The predicted octanol–water partition coefficient (Wildman–Crippen LogP) is 1.61. The fourth-order valence-electron chi connectivity index (χ4n) is 2.63. The zero-order chi connectivity index (χ0) is 13.4. The van der Waals surface area contributed by atoms with Gasteiger partial charge in [-0.1, -0.05) is 0 Å². The van der Waals surface area contributed by atoms with E-state index in [1.807, 2.05) is 22.9 Å². The molecule has 20 heavy (non-hydrogen) atoms. The maximum atomic E-state index is 4.73. The molecule has 0 saturated carbocycles. The summed E-state index contributed by atoms with van der Waals surface area (Å²) in [5.41, 5.74) is 2.75. The molecule has 6 heteroatoms. The molecule has 4 heterocycles. The fraction of sp³-hybridized carbons (Fsp3) is 0.286. The number of imidazole rings is 1. The molecule has 1 fully saturated rings. The van der Waals surface area contributed by atoms with Gasteiger partial charge < -0.3 is 5.32 Å². The van der Waals surface area contributed by atoms with Gasteiger partial charge in [-0.3, -0.25) is 9.38 Å². The highest BCUT2D eigenvalue weighted by Crippen LogP contribution is 2.23. The standard InChI is InChI=1S/C14H14N6/c1-3-10(16-4-1)11-7-15-8-12(19-11)13-9-18-14-17-5-2-6-20(13)14/h2,5-10,16H,1,3-4H2/t10-/m0/s1. The third-order valence-electron chi connectivity index (χ3n) is 3.62. The van der Waals surface area contributed by atoms with Crippen molar-refractivity contribution in [3.63, 3.8) is 0 Å². The first kappa shape index (κ1) is 11.5. The van der Waals surface area contributed by atoms with Crippen LogP contribution in [0.3, 0.4) is 0 Å². The van der Waals surface area contributed by atoms with E-state index in [0.717, 1.165) is 30.0 Å². The van der Waals surface area contributed by atoms with Crippen LogP contribution in [-0.2, 0) is 0 Å². The Hall–Kier alpha value is -2.34. The summed E-state index contributed by atoms with van der Waals surface area (Å²) in [6, 6.07) is 2.20. The van der Waals surface area contributed by atoms with E-state index in [0.29, 0.717) is 11.8 Å². The minimum Gasteiger partial charge on any atom is -0.309 e. The average Bonchev–Trinajstić information content (AvgIpc) is 3.17. The van der Waals surface area contributed by atoms with Crippen LogP contribution in [0.2, 0.25) is 0 Å². The average molecular weight is 266 g/mol. The SMILES string of the molecule is c1cnc2ncc(-c3cncc([C@@H]4CCCN4)n3)n2c1. The zero-order valence-electron chi connectivity index (χ0n) is 10.9. The minimum absolute atomic E-state index is 0.319. The molecule has 3 aromatic heterocycles. The first-order chi connectivity index (χ1) is 9.92. The largest absolute Gasteiger partial charge is 0.309 e. The van der Waals surface area contributed by atoms with Crippen LogP contribution in [0.15, 0.2) is 37.1 Å². The Morgan fingerprint density at radius 3 is 3.10 bits per heavy atom. The fourth-order valence-corrected chi connectivity index (χ4v) is 2.63. The third kappa shape index (κ3) is 1.85. The predicted molar refractivity (Wildman–Crippen MR) is 74.0 cm³/mol. The van der Waals surface area contributed by atoms with Crippen LogP contribution < -0.4 is 5.32 Å². The van der Waals surface area contributed by atoms with Crippen molar-refractivity contribution in [1.29, 1.82) is 0 Å². The van der Waals surface area contributed by atoms with E-state index in [1.54, 1.807) is 18.6 Å². The Morgan fingerprint density at radius 1 is 1.20 bits per heavy atom. The van der Waals surface area contributed by atoms with Gasteiger partial charge in [0.05, 0.1) is 36.0 Å². The normalized spacial score (nSPS) is 18.7. The van der Waals surface area contributed by atoms with Crippen molar-refractivity contribution in [2.24, 2.45) is 0 Å². The molecular weight excluding hydrogens is 252 g/mol. The van der Waals surface area contributed by atoms with Gasteiger partial charge in [0, 0.05) is 12.4 Å². The monoisotopic (exact) mass is 266 g/mol. The van der Waals surface area contributed by atoms with Gasteiger partial charge in [-0.25, -0.2) is 15.0 Å². The minimum atomic E-state index is 0.319. The zero-order valence-corrected chi connectivity index (χ0v) is 10.9. The van der Waals surface area contributed by atoms with Gasteiger partial charge in [0.15, 0.2) is 0 Å². The van der Waals surface area contributed by atoms with Gasteiger partial charge in [0.2, 0.25) is 5.78 Å². The van der Waals surface area contributed by atoms with Crippen LogP contribution in [0, 0.1) is 0 Å². The molecule has 4 rings (SSSR count). The number of hydrogen-bond donors (Lipinski definition) is 1. The molecule has 1 N–H and O–H groups in total. The summed E-state index contributed by atoms with van der Waals surface area (Å²) in [5, 5.41) is 3.45. The second kappa shape index (κ2) is 4.64. The molecule has 100 valence electrons. The van der Waals surface area contributed by atoms with E-state index in [1.165, 1.54) is 6.42 Å². The molecular formula is C14H14N6. The lowest BCUT2D eigenvalue weighted by Gasteiger charge is -2.10. The quantitative estimate of drug-likeness (QED) is 0.763. The van der Waals surface area contributed by atoms with Crippen molar-refractivity contribution in [1.82, 2.24) is 29.7 Å². The van der Waals surface area contributed by atoms with E-state index in [9.17, 15) is 0 Å². The summed E-state index contributed by atoms with van der Waals surface area (Å²) in [7, 11) is 0. The summed E-state index contributed by atoms with van der Waals surface area (Å²) in [4.78, 5) is 17.6. The Balaban J connectivity index is 1.80. The molecule has 0 bridgehead atoms. The summed E-state index contributed by atoms with van der Waals surface area (Å²) in [5.74, 6) is 0.675. The Labute approximate surface area is 115 Å². The summed E-state index contributed by atoms with van der Waals surface area (Å²) >= 11 is 0. The Bertz CT molecular complexity index is 744. The van der Waals surface area contributed by atoms with E-state index < -0.39 is 0 Å². The second-order valence-electron chi connectivity index (χ2n) is 4.91. The van der Waals surface area contributed by atoms with Gasteiger partial charge in [0.1, 0.15) is 5.69 Å². The maximum absolute atomic E-state index is 4.73. The molecule has 0 aromatic carbocycles. The molecule has 1 atom stereocenters. The van der Waals surface area contributed by atoms with Crippen LogP contribution in [-0.4, -0.2) is 30.9 Å². The number of nitrogens with zero attached hydrogens (tertiary/aromatic N) is 5. The number of hydrogen-bond acceptors (Lipinski definition) is 5. The summed E-state index contributed by atoms with van der Waals surface area (Å²) < 4.78 is 1.93. The highest BCUT2D eigenvalue weighted by atomic mass is 15.1. The first-order valence-electron chi connectivity index (χ1n) is 6.75.